The molecule has 3 aliphatic rings. The third kappa shape index (κ3) is 13.0. The lowest BCUT2D eigenvalue weighted by Gasteiger charge is -2.27. The van der Waals surface area contributed by atoms with E-state index >= 15 is 0 Å². The number of allylic oxidation sites excluding steroid dienone is 7. The summed E-state index contributed by atoms with van der Waals surface area (Å²) >= 11 is 8.27. The zero-order chi connectivity index (χ0) is 44.0. The Bertz CT molecular complexity index is 2070. The van der Waals surface area contributed by atoms with Gasteiger partial charge in [0.15, 0.2) is 5.71 Å². The maximum atomic E-state index is 7.16. The highest BCUT2D eigenvalue weighted by Crippen LogP contribution is 2.48. The van der Waals surface area contributed by atoms with Crippen LogP contribution in [0.4, 0.5) is 17.1 Å². The molecule has 9 heteroatoms. The molecule has 3 aromatic carbocycles. The molecule has 2 aliphatic heterocycles. The van der Waals surface area contributed by atoms with Gasteiger partial charge in [-0.3, -0.25) is 0 Å². The summed E-state index contributed by atoms with van der Waals surface area (Å²) < 4.78 is 9.71. The van der Waals surface area contributed by atoms with Crippen molar-refractivity contribution in [2.45, 2.75) is 98.3 Å². The number of nitrogens with zero attached hydrogens (tertiary/aromatic N) is 3. The van der Waals surface area contributed by atoms with Gasteiger partial charge in [0.2, 0.25) is 5.69 Å². The summed E-state index contributed by atoms with van der Waals surface area (Å²) in [6.45, 7) is 22.8. The van der Waals surface area contributed by atoms with Crippen LogP contribution in [0, 0.1) is 0 Å². The van der Waals surface area contributed by atoms with Crippen LogP contribution in [0.5, 0.6) is 5.75 Å². The minimum Gasteiger partial charge on any atom is -1.00 e. The number of thioether (sulfide) groups is 4. The molecule has 342 valence electrons. The number of fused-ring (bicyclic) bond motifs is 2. The average molecular weight is 1040 g/mol. The summed E-state index contributed by atoms with van der Waals surface area (Å²) in [5.74, 6) is 11.6. The number of para-hydroxylation sites is 2. The van der Waals surface area contributed by atoms with Gasteiger partial charge in [0.05, 0.1) is 5.41 Å². The van der Waals surface area contributed by atoms with Crippen LogP contribution in [0.1, 0.15) is 98.6 Å². The van der Waals surface area contributed by atoms with Crippen molar-refractivity contribution in [3.05, 3.63) is 131 Å². The van der Waals surface area contributed by atoms with Gasteiger partial charge in [-0.1, -0.05) is 84.0 Å². The van der Waals surface area contributed by atoms with Gasteiger partial charge in [0.1, 0.15) is 18.1 Å². The lowest BCUT2D eigenvalue weighted by molar-refractivity contribution is -0.437. The predicted molar refractivity (Wildman–Crippen MR) is 283 cm³/mol. The van der Waals surface area contributed by atoms with Crippen molar-refractivity contribution in [3.63, 3.8) is 0 Å². The lowest BCUT2D eigenvalue weighted by atomic mass is 9.81. The molecule has 63 heavy (non-hydrogen) atoms. The van der Waals surface area contributed by atoms with Crippen molar-refractivity contribution in [2.75, 3.05) is 82.0 Å². The molecule has 0 amide bonds. The second kappa shape index (κ2) is 25.7. The SMILES string of the molecule is CCCN1/C(=C/C=C2\CCCC(/C=C/C3=[N+](CCC)c4ccccc4C3(C)C)=C2Oc2ccc(N(CCSCCSCC)CCSCCSCC)cc2)C(C)(C)c2ccccc21.[I-]. The Morgan fingerprint density at radius 3 is 1.97 bits per heavy atom. The molecule has 0 atom stereocenters. The van der Waals surface area contributed by atoms with Gasteiger partial charge in [-0.05, 0) is 110 Å². The van der Waals surface area contributed by atoms with E-state index in [4.69, 9.17) is 4.74 Å². The molecule has 4 nitrogen and oxygen atoms in total. The highest BCUT2D eigenvalue weighted by atomic mass is 127. The Morgan fingerprint density at radius 2 is 1.32 bits per heavy atom. The molecule has 0 fully saturated rings. The van der Waals surface area contributed by atoms with Crippen LogP contribution in [0.2, 0.25) is 0 Å². The number of hydrogen-bond donors (Lipinski definition) is 0. The molecule has 0 unspecified atom stereocenters. The zero-order valence-electron chi connectivity index (χ0n) is 39.5. The molecule has 0 saturated carbocycles. The minimum atomic E-state index is -0.0882. The number of rotatable bonds is 24. The van der Waals surface area contributed by atoms with Crippen molar-refractivity contribution in [1.82, 2.24) is 0 Å². The van der Waals surface area contributed by atoms with Crippen molar-refractivity contribution in [3.8, 4) is 5.75 Å². The quantitative estimate of drug-likeness (QED) is 0.0499. The first-order valence-electron chi connectivity index (χ1n) is 23.4. The fraction of sp³-hybridized carbons (Fsp3) is 0.500. The molecule has 0 radical (unpaired) electrons. The zero-order valence-corrected chi connectivity index (χ0v) is 44.9. The normalized spacial score (nSPS) is 17.8. The summed E-state index contributed by atoms with van der Waals surface area (Å²) in [6, 6.07) is 27.0. The van der Waals surface area contributed by atoms with Crippen LogP contribution in [0.15, 0.2) is 120 Å². The Labute approximate surface area is 416 Å². The maximum Gasteiger partial charge on any atom is 0.209 e. The van der Waals surface area contributed by atoms with E-state index < -0.39 is 0 Å². The Balaban J connectivity index is 0.00000748. The molecule has 0 N–H and O–H groups in total. The van der Waals surface area contributed by atoms with Crippen molar-refractivity contribution >= 4 is 69.8 Å². The van der Waals surface area contributed by atoms with Gasteiger partial charge < -0.3 is 38.5 Å². The highest BCUT2D eigenvalue weighted by molar-refractivity contribution is 8.03. The van der Waals surface area contributed by atoms with Crippen molar-refractivity contribution < 1.29 is 33.3 Å². The van der Waals surface area contributed by atoms with Gasteiger partial charge in [-0.15, -0.1) is 0 Å². The highest BCUT2D eigenvalue weighted by Gasteiger charge is 2.44. The minimum absolute atomic E-state index is 0. The topological polar surface area (TPSA) is 18.7 Å². The van der Waals surface area contributed by atoms with E-state index in [0.29, 0.717) is 0 Å². The molecule has 0 saturated heterocycles. The standard InChI is InChI=1S/C54H74N3OS4.HI/c1-9-32-56-48-22-15-13-20-46(48)53(5,6)50(56)30-24-42-18-17-19-43(25-31-51-54(7,8)47-21-14-16-23-49(47)57(51)33-10-2)52(42)58-45-28-26-44(27-29-45)55(34-36-61-40-38-59-11-3)35-37-62-41-39-60-12-4;/h13-16,20-31H,9-12,17-19,32-41H2,1-8H3;1H/q+1;/p-1. The Morgan fingerprint density at radius 1 is 0.683 bits per heavy atom. The number of ether oxygens (including phenoxy) is 1. The van der Waals surface area contributed by atoms with E-state index in [1.165, 1.54) is 85.3 Å². The van der Waals surface area contributed by atoms with Crippen molar-refractivity contribution in [2.24, 2.45) is 0 Å². The van der Waals surface area contributed by atoms with Crippen LogP contribution in [0.3, 0.4) is 0 Å². The molecule has 3 aromatic rings. The van der Waals surface area contributed by atoms with Crippen LogP contribution < -0.4 is 38.5 Å². The van der Waals surface area contributed by atoms with E-state index in [1.807, 2.05) is 23.5 Å². The first-order chi connectivity index (χ1) is 30.1. The Hall–Kier alpha value is -2.18. The summed E-state index contributed by atoms with van der Waals surface area (Å²) in [5.41, 5.74) is 11.9. The second-order valence-electron chi connectivity index (χ2n) is 17.5. The van der Waals surface area contributed by atoms with Crippen LogP contribution in [0.25, 0.3) is 0 Å². The first-order valence-corrected chi connectivity index (χ1v) is 28.1. The van der Waals surface area contributed by atoms with Gasteiger partial charge in [0, 0.05) is 101 Å². The van der Waals surface area contributed by atoms with Crippen LogP contribution in [-0.2, 0) is 10.8 Å². The number of benzene rings is 3. The van der Waals surface area contributed by atoms with Gasteiger partial charge in [-0.25, -0.2) is 0 Å². The summed E-state index contributed by atoms with van der Waals surface area (Å²) in [4.78, 5) is 5.15. The molecule has 2 heterocycles. The molecule has 0 spiro atoms. The molecular weight excluding hydrogens is 962 g/mol. The lowest BCUT2D eigenvalue weighted by Crippen LogP contribution is -3.00. The second-order valence-corrected chi connectivity index (χ2v) is 22.7. The molecule has 0 aromatic heterocycles. The molecule has 6 rings (SSSR count). The van der Waals surface area contributed by atoms with E-state index in [2.05, 4.69) is 190 Å². The van der Waals surface area contributed by atoms with Crippen LogP contribution in [-0.4, -0.2) is 82.5 Å². The van der Waals surface area contributed by atoms with Crippen LogP contribution >= 0.6 is 47.0 Å². The van der Waals surface area contributed by atoms with Gasteiger partial charge in [0.25, 0.3) is 0 Å². The van der Waals surface area contributed by atoms with E-state index in [9.17, 15) is 0 Å². The number of anilines is 2. The molecule has 0 bridgehead atoms. The largest absolute Gasteiger partial charge is 1.00 e. The van der Waals surface area contributed by atoms with Crippen molar-refractivity contribution in [1.29, 1.82) is 0 Å². The predicted octanol–water partition coefficient (Wildman–Crippen LogP) is 11.3. The maximum absolute atomic E-state index is 7.16. The molecule has 1 aliphatic carbocycles. The van der Waals surface area contributed by atoms with Gasteiger partial charge in [-0.2, -0.15) is 51.6 Å². The Kier molecular flexibility index (Phi) is 21.1. The average Bonchev–Trinajstić information content (AvgIpc) is 3.62. The fourth-order valence-electron chi connectivity index (χ4n) is 9.21. The van der Waals surface area contributed by atoms with Gasteiger partial charge >= 0.3 is 0 Å². The number of halogens is 1. The summed E-state index contributed by atoms with van der Waals surface area (Å²) in [6.07, 6.45) is 14.9. The monoisotopic (exact) mass is 1040 g/mol. The molecular formula is C54H74IN3OS4. The first kappa shape index (κ1) is 51.8. The fourth-order valence-corrected chi connectivity index (χ4v) is 12.8. The van der Waals surface area contributed by atoms with E-state index in [0.717, 1.165) is 81.3 Å². The number of hydrogen-bond acceptors (Lipinski definition) is 7. The van der Waals surface area contributed by atoms with E-state index in [1.54, 1.807) is 0 Å². The third-order valence-electron chi connectivity index (χ3n) is 12.4. The summed E-state index contributed by atoms with van der Waals surface area (Å²) in [5, 5.41) is 0. The van der Waals surface area contributed by atoms with E-state index in [-0.39, 0.29) is 34.8 Å². The summed E-state index contributed by atoms with van der Waals surface area (Å²) in [7, 11) is 0. The smallest absolute Gasteiger partial charge is 0.209 e. The third-order valence-corrected chi connectivity index (χ3v) is 16.7.